The van der Waals surface area contributed by atoms with Crippen LogP contribution in [0.3, 0.4) is 0 Å². The second-order valence-electron chi connectivity index (χ2n) is 4.97. The summed E-state index contributed by atoms with van der Waals surface area (Å²) in [5, 5.41) is 3.63. The molecule has 0 amide bonds. The lowest BCUT2D eigenvalue weighted by Gasteiger charge is -2.24. The summed E-state index contributed by atoms with van der Waals surface area (Å²) in [6, 6.07) is 0.629. The smallest absolute Gasteiger partial charge is 0.0197 e. The molecule has 0 fully saturated rings. The molecule has 0 rings (SSSR count). The fourth-order valence-electron chi connectivity index (χ4n) is 1.78. The molecule has 0 saturated heterocycles. The molecule has 1 N–H and O–H groups in total. The minimum Gasteiger partial charge on any atom is -0.313 e. The summed E-state index contributed by atoms with van der Waals surface area (Å²) in [6.07, 6.45) is 5.56. The topological polar surface area (TPSA) is 15.3 Å². The highest BCUT2D eigenvalue weighted by atomic mass is 15.1. The molecule has 90 valence electrons. The van der Waals surface area contributed by atoms with Gasteiger partial charge in [-0.15, -0.1) is 6.58 Å². The zero-order valence-corrected chi connectivity index (χ0v) is 10.9. The van der Waals surface area contributed by atoms with Crippen LogP contribution in [0.25, 0.3) is 0 Å². The second kappa shape index (κ2) is 8.93. The van der Waals surface area contributed by atoms with Crippen LogP contribution in [0.1, 0.15) is 33.1 Å². The van der Waals surface area contributed by atoms with E-state index in [0.29, 0.717) is 6.04 Å². The lowest BCUT2D eigenvalue weighted by molar-refractivity contribution is 0.306. The zero-order chi connectivity index (χ0) is 11.7. The first-order valence-electron chi connectivity index (χ1n) is 6.05. The maximum absolute atomic E-state index is 3.74. The van der Waals surface area contributed by atoms with Crippen LogP contribution in [0.4, 0.5) is 0 Å². The van der Waals surface area contributed by atoms with Crippen LogP contribution in [0.15, 0.2) is 12.7 Å². The molecule has 0 saturated carbocycles. The van der Waals surface area contributed by atoms with E-state index in [2.05, 4.69) is 44.7 Å². The van der Waals surface area contributed by atoms with Gasteiger partial charge in [-0.2, -0.15) is 0 Å². The first-order valence-corrected chi connectivity index (χ1v) is 6.05. The average Bonchev–Trinajstić information content (AvgIpc) is 2.10. The maximum atomic E-state index is 3.74. The SMILES string of the molecule is C=CCCCNC(CC(C)C)CN(C)C. The van der Waals surface area contributed by atoms with Crippen molar-refractivity contribution >= 4 is 0 Å². The molecule has 0 radical (unpaired) electrons. The van der Waals surface area contributed by atoms with Crippen LogP contribution in [-0.4, -0.2) is 38.1 Å². The molecule has 0 aromatic carbocycles. The van der Waals surface area contributed by atoms with Crippen molar-refractivity contribution in [2.45, 2.75) is 39.2 Å². The molecule has 2 nitrogen and oxygen atoms in total. The number of unbranched alkanes of at least 4 members (excludes halogenated alkanes) is 1. The van der Waals surface area contributed by atoms with Gasteiger partial charge in [-0.1, -0.05) is 19.9 Å². The van der Waals surface area contributed by atoms with E-state index in [1.54, 1.807) is 0 Å². The Morgan fingerprint density at radius 1 is 1.33 bits per heavy atom. The van der Waals surface area contributed by atoms with Gasteiger partial charge < -0.3 is 10.2 Å². The van der Waals surface area contributed by atoms with E-state index >= 15 is 0 Å². The molecule has 0 heterocycles. The first kappa shape index (κ1) is 14.7. The molecule has 0 aromatic rings. The first-order chi connectivity index (χ1) is 7.06. The van der Waals surface area contributed by atoms with E-state index in [1.807, 2.05) is 6.08 Å². The molecule has 1 unspecified atom stereocenters. The Morgan fingerprint density at radius 3 is 2.47 bits per heavy atom. The number of hydrogen-bond donors (Lipinski definition) is 1. The Bertz CT molecular complexity index is 143. The van der Waals surface area contributed by atoms with Gasteiger partial charge in [0.05, 0.1) is 0 Å². The van der Waals surface area contributed by atoms with Crippen molar-refractivity contribution in [3.8, 4) is 0 Å². The van der Waals surface area contributed by atoms with E-state index in [9.17, 15) is 0 Å². The van der Waals surface area contributed by atoms with E-state index < -0.39 is 0 Å². The lowest BCUT2D eigenvalue weighted by atomic mass is 10.0. The van der Waals surface area contributed by atoms with Crippen LogP contribution in [0.2, 0.25) is 0 Å². The molecule has 0 aliphatic heterocycles. The Hall–Kier alpha value is -0.340. The van der Waals surface area contributed by atoms with Crippen molar-refractivity contribution in [3.05, 3.63) is 12.7 Å². The number of rotatable bonds is 9. The van der Waals surface area contributed by atoms with Gasteiger partial charge in [0.25, 0.3) is 0 Å². The predicted octanol–water partition coefficient (Wildman–Crippen LogP) is 2.52. The van der Waals surface area contributed by atoms with Gasteiger partial charge >= 0.3 is 0 Å². The van der Waals surface area contributed by atoms with Crippen LogP contribution >= 0.6 is 0 Å². The fourth-order valence-corrected chi connectivity index (χ4v) is 1.78. The normalized spacial score (nSPS) is 13.5. The van der Waals surface area contributed by atoms with Crippen LogP contribution in [-0.2, 0) is 0 Å². The van der Waals surface area contributed by atoms with Crippen molar-refractivity contribution in [3.63, 3.8) is 0 Å². The van der Waals surface area contributed by atoms with Crippen molar-refractivity contribution in [1.29, 1.82) is 0 Å². The zero-order valence-electron chi connectivity index (χ0n) is 10.9. The highest BCUT2D eigenvalue weighted by molar-refractivity contribution is 4.73. The number of nitrogens with zero attached hydrogens (tertiary/aromatic N) is 1. The van der Waals surface area contributed by atoms with E-state index in [0.717, 1.165) is 25.4 Å². The van der Waals surface area contributed by atoms with E-state index in [1.165, 1.54) is 12.8 Å². The third kappa shape index (κ3) is 9.95. The van der Waals surface area contributed by atoms with Gasteiger partial charge in [-0.3, -0.25) is 0 Å². The molecular weight excluding hydrogens is 184 g/mol. The van der Waals surface area contributed by atoms with Crippen molar-refractivity contribution in [2.24, 2.45) is 5.92 Å². The maximum Gasteiger partial charge on any atom is 0.0197 e. The summed E-state index contributed by atoms with van der Waals surface area (Å²) < 4.78 is 0. The number of likely N-dealkylation sites (N-methyl/N-ethyl adjacent to an activating group) is 1. The largest absolute Gasteiger partial charge is 0.313 e. The molecule has 0 bridgehead atoms. The molecule has 0 aliphatic rings. The van der Waals surface area contributed by atoms with Crippen molar-refractivity contribution < 1.29 is 0 Å². The van der Waals surface area contributed by atoms with Crippen LogP contribution < -0.4 is 5.32 Å². The van der Waals surface area contributed by atoms with Gasteiger partial charge in [0.15, 0.2) is 0 Å². The Kier molecular flexibility index (Phi) is 8.73. The molecular formula is C13H28N2. The van der Waals surface area contributed by atoms with Gasteiger partial charge in [-0.05, 0) is 45.8 Å². The molecule has 15 heavy (non-hydrogen) atoms. The molecule has 1 atom stereocenters. The van der Waals surface area contributed by atoms with Gasteiger partial charge in [0.1, 0.15) is 0 Å². The van der Waals surface area contributed by atoms with Gasteiger partial charge in [0, 0.05) is 12.6 Å². The lowest BCUT2D eigenvalue weighted by Crippen LogP contribution is -2.39. The third-order valence-corrected chi connectivity index (χ3v) is 2.36. The standard InChI is InChI=1S/C13H28N2/c1-6-7-8-9-14-13(10-12(2)3)11-15(4)5/h6,12-14H,1,7-11H2,2-5H3. The number of hydrogen-bond acceptors (Lipinski definition) is 2. The third-order valence-electron chi connectivity index (χ3n) is 2.36. The molecule has 0 aromatic heterocycles. The summed E-state index contributed by atoms with van der Waals surface area (Å²) >= 11 is 0. The van der Waals surface area contributed by atoms with E-state index in [-0.39, 0.29) is 0 Å². The van der Waals surface area contributed by atoms with Gasteiger partial charge in [-0.25, -0.2) is 0 Å². The Morgan fingerprint density at radius 2 is 2.00 bits per heavy atom. The van der Waals surface area contributed by atoms with Crippen LogP contribution in [0, 0.1) is 5.92 Å². The minimum atomic E-state index is 0.629. The van der Waals surface area contributed by atoms with Crippen molar-refractivity contribution in [2.75, 3.05) is 27.2 Å². The van der Waals surface area contributed by atoms with E-state index in [4.69, 9.17) is 0 Å². The highest BCUT2D eigenvalue weighted by Gasteiger charge is 2.10. The fraction of sp³-hybridized carbons (Fsp3) is 0.846. The van der Waals surface area contributed by atoms with Crippen LogP contribution in [0.5, 0.6) is 0 Å². The summed E-state index contributed by atoms with van der Waals surface area (Å²) in [5.74, 6) is 0.766. The second-order valence-corrected chi connectivity index (χ2v) is 4.97. The monoisotopic (exact) mass is 212 g/mol. The molecule has 0 spiro atoms. The summed E-state index contributed by atoms with van der Waals surface area (Å²) in [7, 11) is 4.28. The Labute approximate surface area is 95.7 Å². The predicted molar refractivity (Wildman–Crippen MR) is 69.2 cm³/mol. The highest BCUT2D eigenvalue weighted by Crippen LogP contribution is 2.05. The summed E-state index contributed by atoms with van der Waals surface area (Å²) in [6.45, 7) is 10.5. The van der Waals surface area contributed by atoms with Crippen molar-refractivity contribution in [1.82, 2.24) is 10.2 Å². The molecule has 0 aliphatic carbocycles. The number of allylic oxidation sites excluding steroid dienone is 1. The molecule has 2 heteroatoms. The van der Waals surface area contributed by atoms with Gasteiger partial charge in [0.2, 0.25) is 0 Å². The Balaban J connectivity index is 3.74. The minimum absolute atomic E-state index is 0.629. The number of nitrogens with one attached hydrogen (secondary N) is 1. The summed E-state index contributed by atoms with van der Waals surface area (Å²) in [5.41, 5.74) is 0. The quantitative estimate of drug-likeness (QED) is 0.467. The average molecular weight is 212 g/mol. The summed E-state index contributed by atoms with van der Waals surface area (Å²) in [4.78, 5) is 2.26.